The van der Waals surface area contributed by atoms with Gasteiger partial charge in [-0.15, -0.1) is 0 Å². The number of nitrogens with one attached hydrogen (secondary N) is 2. The van der Waals surface area contributed by atoms with Gasteiger partial charge in [0.15, 0.2) is 0 Å². The second-order valence-corrected chi connectivity index (χ2v) is 8.22. The van der Waals surface area contributed by atoms with Crippen molar-refractivity contribution in [2.45, 2.75) is 13.5 Å². The lowest BCUT2D eigenvalue weighted by atomic mass is 10.1. The quantitative estimate of drug-likeness (QED) is 0.375. The van der Waals surface area contributed by atoms with Crippen molar-refractivity contribution in [1.82, 2.24) is 9.78 Å². The first kappa shape index (κ1) is 21.5. The maximum Gasteiger partial charge on any atom is 0.256 e. The number of aromatic nitrogens is 2. The highest BCUT2D eigenvalue weighted by Gasteiger charge is 2.13. The van der Waals surface area contributed by atoms with Gasteiger partial charge in [0.05, 0.1) is 12.7 Å². The van der Waals surface area contributed by atoms with Crippen LogP contribution >= 0.6 is 15.9 Å². The van der Waals surface area contributed by atoms with E-state index in [9.17, 15) is 9.59 Å². The van der Waals surface area contributed by atoms with Crippen LogP contribution in [-0.2, 0) is 6.54 Å². The Morgan fingerprint density at radius 3 is 2.44 bits per heavy atom. The van der Waals surface area contributed by atoms with Gasteiger partial charge in [-0.3, -0.25) is 9.59 Å². The Balaban J connectivity index is 1.49. The van der Waals surface area contributed by atoms with Crippen molar-refractivity contribution in [3.8, 4) is 0 Å². The molecule has 32 heavy (non-hydrogen) atoms. The van der Waals surface area contributed by atoms with Gasteiger partial charge >= 0.3 is 0 Å². The van der Waals surface area contributed by atoms with Gasteiger partial charge < -0.3 is 10.6 Å². The molecule has 0 aliphatic rings. The molecule has 160 valence electrons. The van der Waals surface area contributed by atoms with E-state index in [0.29, 0.717) is 29.2 Å². The minimum atomic E-state index is -0.281. The molecule has 1 heterocycles. The first-order chi connectivity index (χ1) is 15.5. The minimum absolute atomic E-state index is 0.224. The molecule has 2 amide bonds. The van der Waals surface area contributed by atoms with Gasteiger partial charge in [0.25, 0.3) is 11.8 Å². The van der Waals surface area contributed by atoms with Gasteiger partial charge in [0, 0.05) is 27.4 Å². The number of hydrogen-bond acceptors (Lipinski definition) is 3. The van der Waals surface area contributed by atoms with Crippen LogP contribution in [0.15, 0.2) is 89.5 Å². The van der Waals surface area contributed by atoms with Crippen molar-refractivity contribution < 1.29 is 9.59 Å². The van der Waals surface area contributed by atoms with Gasteiger partial charge in [-0.2, -0.15) is 5.10 Å². The lowest BCUT2D eigenvalue weighted by molar-refractivity contribution is 0.101. The summed E-state index contributed by atoms with van der Waals surface area (Å²) in [4.78, 5) is 25.4. The largest absolute Gasteiger partial charge is 0.322 e. The normalized spacial score (nSPS) is 10.6. The standard InChI is InChI=1S/C25H21BrN4O2/c1-17-10-11-20(15-22(17)28-24(31)19-7-3-2-4-8-19)25(32)29-23-12-13-27-30(23)16-18-6-5-9-21(26)14-18/h2-15H,16H2,1H3,(H,28,31)(H,29,32). The van der Waals surface area contributed by atoms with Crippen molar-refractivity contribution in [3.05, 3.63) is 112 Å². The maximum atomic E-state index is 12.9. The number of aryl methyl sites for hydroxylation is 1. The van der Waals surface area contributed by atoms with Crippen LogP contribution in [0, 0.1) is 6.92 Å². The predicted molar refractivity (Wildman–Crippen MR) is 129 cm³/mol. The van der Waals surface area contributed by atoms with E-state index in [2.05, 4.69) is 31.7 Å². The molecule has 0 fully saturated rings. The summed E-state index contributed by atoms with van der Waals surface area (Å²) < 4.78 is 2.71. The number of carbonyl (C=O) groups is 2. The molecule has 0 bridgehead atoms. The molecule has 0 atom stereocenters. The molecule has 7 heteroatoms. The SMILES string of the molecule is Cc1ccc(C(=O)Nc2ccnn2Cc2cccc(Br)c2)cc1NC(=O)c1ccccc1. The van der Waals surface area contributed by atoms with Crippen LogP contribution in [0.25, 0.3) is 0 Å². The minimum Gasteiger partial charge on any atom is -0.322 e. The van der Waals surface area contributed by atoms with Gasteiger partial charge in [-0.05, 0) is 54.4 Å². The van der Waals surface area contributed by atoms with Crippen LogP contribution < -0.4 is 10.6 Å². The van der Waals surface area contributed by atoms with E-state index in [1.807, 2.05) is 55.5 Å². The highest BCUT2D eigenvalue weighted by atomic mass is 79.9. The zero-order chi connectivity index (χ0) is 22.5. The van der Waals surface area contributed by atoms with Crippen LogP contribution in [0.4, 0.5) is 11.5 Å². The molecule has 3 aromatic carbocycles. The summed E-state index contributed by atoms with van der Waals surface area (Å²) in [5.74, 6) is 0.0833. The predicted octanol–water partition coefficient (Wildman–Crippen LogP) is 5.51. The molecule has 6 nitrogen and oxygen atoms in total. The second kappa shape index (κ2) is 9.62. The molecule has 0 aliphatic heterocycles. The number of carbonyl (C=O) groups excluding carboxylic acids is 2. The zero-order valence-electron chi connectivity index (χ0n) is 17.4. The van der Waals surface area contributed by atoms with Crippen LogP contribution in [0.3, 0.4) is 0 Å². The van der Waals surface area contributed by atoms with Gasteiger partial charge in [0.1, 0.15) is 5.82 Å². The van der Waals surface area contributed by atoms with E-state index in [1.165, 1.54) is 0 Å². The van der Waals surface area contributed by atoms with E-state index in [1.54, 1.807) is 41.2 Å². The molecule has 4 rings (SSSR count). The van der Waals surface area contributed by atoms with E-state index >= 15 is 0 Å². The molecule has 1 aromatic heterocycles. The lowest BCUT2D eigenvalue weighted by Crippen LogP contribution is -2.17. The van der Waals surface area contributed by atoms with Crippen LogP contribution in [-0.4, -0.2) is 21.6 Å². The molecule has 2 N–H and O–H groups in total. The number of hydrogen-bond donors (Lipinski definition) is 2. The third kappa shape index (κ3) is 5.12. The van der Waals surface area contributed by atoms with Gasteiger partial charge in [0.2, 0.25) is 0 Å². The topological polar surface area (TPSA) is 76.0 Å². The summed E-state index contributed by atoms with van der Waals surface area (Å²) in [7, 11) is 0. The van der Waals surface area contributed by atoms with Crippen molar-refractivity contribution >= 4 is 39.2 Å². The molecule has 0 aliphatic carbocycles. The maximum absolute atomic E-state index is 12.9. The number of amides is 2. The molecular formula is C25H21BrN4O2. The van der Waals surface area contributed by atoms with Gasteiger partial charge in [-0.25, -0.2) is 4.68 Å². The fraction of sp³-hybridized carbons (Fsp3) is 0.0800. The number of nitrogens with zero attached hydrogens (tertiary/aromatic N) is 2. The summed E-state index contributed by atoms with van der Waals surface area (Å²) in [5, 5.41) is 10.1. The zero-order valence-corrected chi connectivity index (χ0v) is 19.0. The first-order valence-electron chi connectivity index (χ1n) is 10.0. The lowest BCUT2D eigenvalue weighted by Gasteiger charge is -2.12. The number of benzene rings is 3. The Hall–Kier alpha value is -3.71. The number of anilines is 2. The van der Waals surface area contributed by atoms with Crippen molar-refractivity contribution in [1.29, 1.82) is 0 Å². The van der Waals surface area contributed by atoms with Crippen molar-refractivity contribution in [2.75, 3.05) is 10.6 Å². The van der Waals surface area contributed by atoms with Crippen LogP contribution in [0.2, 0.25) is 0 Å². The number of rotatable bonds is 6. The molecular weight excluding hydrogens is 468 g/mol. The Bertz CT molecular complexity index is 1270. The smallest absolute Gasteiger partial charge is 0.256 e. The summed E-state index contributed by atoms with van der Waals surface area (Å²) in [6.45, 7) is 2.41. The van der Waals surface area contributed by atoms with Crippen LogP contribution in [0.1, 0.15) is 31.8 Å². The van der Waals surface area contributed by atoms with Crippen molar-refractivity contribution in [2.24, 2.45) is 0 Å². The Labute approximate surface area is 194 Å². The molecule has 0 radical (unpaired) electrons. The molecule has 0 saturated carbocycles. The van der Waals surface area contributed by atoms with E-state index in [4.69, 9.17) is 0 Å². The fourth-order valence-electron chi connectivity index (χ4n) is 3.24. The van der Waals surface area contributed by atoms with Crippen molar-refractivity contribution in [3.63, 3.8) is 0 Å². The summed E-state index contributed by atoms with van der Waals surface area (Å²) >= 11 is 3.47. The Morgan fingerprint density at radius 2 is 1.66 bits per heavy atom. The second-order valence-electron chi connectivity index (χ2n) is 7.31. The molecule has 0 saturated heterocycles. The first-order valence-corrected chi connectivity index (χ1v) is 10.8. The summed E-state index contributed by atoms with van der Waals surface area (Å²) in [5.41, 5.74) is 3.51. The highest BCUT2D eigenvalue weighted by Crippen LogP contribution is 2.20. The van der Waals surface area contributed by atoms with Gasteiger partial charge in [-0.1, -0.05) is 52.3 Å². The number of halogens is 1. The summed E-state index contributed by atoms with van der Waals surface area (Å²) in [6, 6.07) is 23.9. The Kier molecular flexibility index (Phi) is 6.47. The fourth-order valence-corrected chi connectivity index (χ4v) is 3.69. The monoisotopic (exact) mass is 488 g/mol. The molecule has 0 unspecified atom stereocenters. The van der Waals surface area contributed by atoms with E-state index < -0.39 is 0 Å². The average molecular weight is 489 g/mol. The molecule has 0 spiro atoms. The Morgan fingerprint density at radius 1 is 0.875 bits per heavy atom. The third-order valence-electron chi connectivity index (χ3n) is 4.96. The summed E-state index contributed by atoms with van der Waals surface area (Å²) in [6.07, 6.45) is 1.65. The van der Waals surface area contributed by atoms with E-state index in [0.717, 1.165) is 15.6 Å². The highest BCUT2D eigenvalue weighted by molar-refractivity contribution is 9.10. The molecule has 4 aromatic rings. The average Bonchev–Trinajstić information content (AvgIpc) is 3.22. The third-order valence-corrected chi connectivity index (χ3v) is 5.46. The van der Waals surface area contributed by atoms with E-state index in [-0.39, 0.29) is 11.8 Å². The van der Waals surface area contributed by atoms with Crippen LogP contribution in [0.5, 0.6) is 0 Å².